The molecule has 1 rings (SSSR count). The van der Waals surface area contributed by atoms with Crippen molar-refractivity contribution in [3.63, 3.8) is 0 Å². The summed E-state index contributed by atoms with van der Waals surface area (Å²) in [6, 6.07) is 0. The van der Waals surface area contributed by atoms with Crippen LogP contribution in [-0.4, -0.2) is 57.8 Å². The van der Waals surface area contributed by atoms with Crippen molar-refractivity contribution in [1.29, 1.82) is 0 Å². The van der Waals surface area contributed by atoms with E-state index in [1.165, 1.54) is 0 Å². The van der Waals surface area contributed by atoms with Gasteiger partial charge in [-0.15, -0.1) is 24.8 Å². The summed E-state index contributed by atoms with van der Waals surface area (Å²) >= 11 is 0. The number of aromatic nitrogens is 2. The summed E-state index contributed by atoms with van der Waals surface area (Å²) in [4.78, 5) is 0. The smallest absolute Gasteiger partial charge is 0.279 e. The van der Waals surface area contributed by atoms with Crippen molar-refractivity contribution in [3.8, 4) is 0 Å². The van der Waals surface area contributed by atoms with Crippen molar-refractivity contribution in [2.45, 2.75) is 19.0 Å². The minimum absolute atomic E-state index is 0. The summed E-state index contributed by atoms with van der Waals surface area (Å²) in [5.74, 6) is 0. The van der Waals surface area contributed by atoms with E-state index < -0.39 is 15.6 Å². The van der Waals surface area contributed by atoms with Crippen LogP contribution in [0.3, 0.4) is 0 Å². The van der Waals surface area contributed by atoms with E-state index in [4.69, 9.17) is 13.0 Å². The highest BCUT2D eigenvalue weighted by atomic mass is 35.5. The molecule has 1 aromatic rings. The minimum Gasteiger partial charge on any atom is -0.279 e. The zero-order valence-electron chi connectivity index (χ0n) is 10.6. The second-order valence-electron chi connectivity index (χ2n) is 2.83. The van der Waals surface area contributed by atoms with Crippen molar-refractivity contribution < 1.29 is 30.7 Å². The summed E-state index contributed by atoms with van der Waals surface area (Å²) in [7, 11) is -3.82. The molecule has 0 saturated heterocycles. The Hall–Kier alpha value is 0.555. The molecular formula is C7H14Al2Cl2F3N2O3S+. The molecule has 0 aliphatic heterocycles. The monoisotopic (exact) mass is 387 g/mol. The van der Waals surface area contributed by atoms with Crippen molar-refractivity contribution in [3.05, 3.63) is 18.7 Å². The quantitative estimate of drug-likeness (QED) is 0.335. The molecule has 0 aromatic carbocycles. The third-order valence-electron chi connectivity index (χ3n) is 1.48. The van der Waals surface area contributed by atoms with Crippen molar-refractivity contribution in [2.24, 2.45) is 7.05 Å². The average molecular weight is 388 g/mol. The number of alkyl halides is 3. The fraction of sp³-hybridized carbons (Fsp3) is 0.571. The Morgan fingerprint density at radius 1 is 1.25 bits per heavy atom. The summed E-state index contributed by atoms with van der Waals surface area (Å²) in [5.41, 5.74) is -5.53. The van der Waals surface area contributed by atoms with Gasteiger partial charge >= 0.3 is 15.6 Å². The van der Waals surface area contributed by atoms with Gasteiger partial charge in [0.25, 0.3) is 0 Å². The van der Waals surface area contributed by atoms with E-state index in [-0.39, 0.29) is 59.5 Å². The molecule has 6 radical (unpaired) electrons. The maximum absolute atomic E-state index is 10.7. The molecule has 20 heavy (non-hydrogen) atoms. The van der Waals surface area contributed by atoms with Gasteiger partial charge in [-0.25, -0.2) is 9.13 Å². The van der Waals surface area contributed by atoms with Crippen LogP contribution in [0.4, 0.5) is 13.2 Å². The molecule has 0 aliphatic rings. The Bertz CT molecular complexity index is 443. The molecule has 116 valence electrons. The highest BCUT2D eigenvalue weighted by Gasteiger charge is 2.44. The zero-order valence-corrected chi connectivity index (χ0v) is 15.4. The number of halogens is 5. The van der Waals surface area contributed by atoms with E-state index in [0.29, 0.717) is 0 Å². The predicted octanol–water partition coefficient (Wildman–Crippen LogP) is 0.808. The number of imidazole rings is 1. The van der Waals surface area contributed by atoms with Gasteiger partial charge in [0.15, 0.2) is 0 Å². The lowest BCUT2D eigenvalue weighted by atomic mass is 10.7. The van der Waals surface area contributed by atoms with Crippen LogP contribution in [0.25, 0.3) is 0 Å². The SMILES string of the molecule is CCn1cc[n+](C)c1.Cl.Cl.O=S(=O)(O)C(F)(F)F.[Al].[Al]. The third kappa shape index (κ3) is 13.5. The number of rotatable bonds is 1. The van der Waals surface area contributed by atoms with Gasteiger partial charge in [0, 0.05) is 34.7 Å². The lowest BCUT2D eigenvalue weighted by Crippen LogP contribution is -2.23. The molecule has 0 unspecified atom stereocenters. The second kappa shape index (κ2) is 13.2. The van der Waals surface area contributed by atoms with Gasteiger partial charge < -0.3 is 0 Å². The Labute approximate surface area is 149 Å². The van der Waals surface area contributed by atoms with Gasteiger partial charge in [-0.3, -0.25) is 4.55 Å². The molecule has 13 heteroatoms. The lowest BCUT2D eigenvalue weighted by molar-refractivity contribution is -0.671. The number of nitrogens with zero attached hydrogens (tertiary/aromatic N) is 2. The molecule has 5 nitrogen and oxygen atoms in total. The number of aryl methyl sites for hydroxylation is 2. The molecule has 1 aromatic heterocycles. The molecule has 0 aliphatic carbocycles. The van der Waals surface area contributed by atoms with Crippen LogP contribution in [-0.2, 0) is 23.7 Å². The van der Waals surface area contributed by atoms with Crippen LogP contribution < -0.4 is 4.57 Å². The first-order valence-corrected chi connectivity index (χ1v) is 5.56. The van der Waals surface area contributed by atoms with Crippen LogP contribution in [0.2, 0.25) is 0 Å². The van der Waals surface area contributed by atoms with E-state index in [1.54, 1.807) is 0 Å². The number of hydrogen-bond donors (Lipinski definition) is 1. The van der Waals surface area contributed by atoms with Crippen molar-refractivity contribution in [1.82, 2.24) is 4.57 Å². The fourth-order valence-corrected chi connectivity index (χ4v) is 0.689. The summed E-state index contributed by atoms with van der Waals surface area (Å²) in [6.07, 6.45) is 6.14. The molecule has 0 atom stereocenters. The van der Waals surface area contributed by atoms with E-state index >= 15 is 0 Å². The normalized spacial score (nSPS) is 9.50. The van der Waals surface area contributed by atoms with Gasteiger partial charge in [0.05, 0.1) is 13.6 Å². The first-order valence-electron chi connectivity index (χ1n) is 4.12. The van der Waals surface area contributed by atoms with Crippen LogP contribution in [0.15, 0.2) is 18.7 Å². The molecule has 0 bridgehead atoms. The van der Waals surface area contributed by atoms with Crippen LogP contribution in [0.1, 0.15) is 6.92 Å². The highest BCUT2D eigenvalue weighted by molar-refractivity contribution is 7.86. The standard InChI is InChI=1S/C6H11N2.CHF3O3S.2Al.2ClH/c1-3-8-5-4-7(2)6-8;2-1(3,4)8(5,6)7;;;;/h4-6H,3H2,1-2H3;(H,5,6,7);;;2*1H/q+1;;;;;. The van der Waals surface area contributed by atoms with Crippen LogP contribution in [0.5, 0.6) is 0 Å². The fourth-order valence-electron chi connectivity index (χ4n) is 0.689. The first kappa shape index (κ1) is 32.5. The Kier molecular flexibility index (Phi) is 21.5. The summed E-state index contributed by atoms with van der Waals surface area (Å²) < 4.78 is 61.7. The molecule has 1 heterocycles. The van der Waals surface area contributed by atoms with E-state index in [1.807, 2.05) is 17.8 Å². The maximum Gasteiger partial charge on any atom is 0.522 e. The number of hydrogen-bond acceptors (Lipinski definition) is 2. The summed E-state index contributed by atoms with van der Waals surface area (Å²) in [6.45, 7) is 3.18. The maximum atomic E-state index is 10.7. The summed E-state index contributed by atoms with van der Waals surface area (Å²) in [5, 5.41) is 0. The van der Waals surface area contributed by atoms with Gasteiger partial charge in [0.1, 0.15) is 12.4 Å². The molecule has 0 spiro atoms. The molecular weight excluding hydrogens is 374 g/mol. The van der Waals surface area contributed by atoms with Crippen molar-refractivity contribution >= 4 is 69.7 Å². The van der Waals surface area contributed by atoms with E-state index in [2.05, 4.69) is 24.0 Å². The second-order valence-corrected chi connectivity index (χ2v) is 4.24. The molecule has 0 fully saturated rings. The Balaban J connectivity index is -0.0000000625. The molecule has 0 saturated carbocycles. The third-order valence-corrected chi connectivity index (χ3v) is 2.07. The Morgan fingerprint density at radius 3 is 1.70 bits per heavy atom. The van der Waals surface area contributed by atoms with E-state index in [9.17, 15) is 13.2 Å². The first-order chi connectivity index (χ1) is 7.08. The molecule has 0 amide bonds. The van der Waals surface area contributed by atoms with E-state index in [0.717, 1.165) is 6.54 Å². The minimum atomic E-state index is -5.84. The van der Waals surface area contributed by atoms with Crippen molar-refractivity contribution in [2.75, 3.05) is 0 Å². The van der Waals surface area contributed by atoms with Gasteiger partial charge in [0.2, 0.25) is 6.33 Å². The highest BCUT2D eigenvalue weighted by Crippen LogP contribution is 2.20. The topological polar surface area (TPSA) is 63.2 Å². The molecule has 1 N–H and O–H groups in total. The lowest BCUT2D eigenvalue weighted by Gasteiger charge is -1.97. The average Bonchev–Trinajstić information content (AvgIpc) is 2.48. The van der Waals surface area contributed by atoms with Crippen LogP contribution in [0, 0.1) is 0 Å². The predicted molar refractivity (Wildman–Crippen MR) is 74.9 cm³/mol. The van der Waals surface area contributed by atoms with Gasteiger partial charge in [-0.2, -0.15) is 21.6 Å². The Morgan fingerprint density at radius 2 is 1.60 bits per heavy atom. The van der Waals surface area contributed by atoms with Gasteiger partial charge in [-0.05, 0) is 6.92 Å². The van der Waals surface area contributed by atoms with Crippen LogP contribution >= 0.6 is 24.8 Å². The van der Waals surface area contributed by atoms with Gasteiger partial charge in [-0.1, -0.05) is 0 Å². The largest absolute Gasteiger partial charge is 0.522 e. The zero-order chi connectivity index (χ0) is 13.0.